The van der Waals surface area contributed by atoms with Gasteiger partial charge in [-0.3, -0.25) is 9.59 Å². The van der Waals surface area contributed by atoms with Crippen LogP contribution < -0.4 is 0 Å². The molecule has 0 aliphatic carbocycles. The zero-order valence-electron chi connectivity index (χ0n) is 9.66. The number of amides is 2. The topological polar surface area (TPSA) is 40.6 Å². The summed E-state index contributed by atoms with van der Waals surface area (Å²) in [4.78, 5) is 26.5. The fourth-order valence-electron chi connectivity index (χ4n) is 1.85. The minimum atomic E-state index is 0.111. The molecule has 0 aromatic heterocycles. The summed E-state index contributed by atoms with van der Waals surface area (Å²) in [6.07, 6.45) is 2.42. The largest absolute Gasteiger partial charge is 0.341 e. The molecule has 1 heterocycles. The quantitative estimate of drug-likeness (QED) is 0.681. The first-order valence-corrected chi connectivity index (χ1v) is 5.68. The SMILES string of the molecule is CCCC(=O)N1CCCN(C(C)=O)CC1. The molecule has 0 saturated carbocycles. The van der Waals surface area contributed by atoms with Crippen LogP contribution in [0.3, 0.4) is 0 Å². The van der Waals surface area contributed by atoms with Gasteiger partial charge in [-0.2, -0.15) is 0 Å². The van der Waals surface area contributed by atoms with Crippen molar-refractivity contribution in [2.45, 2.75) is 33.1 Å². The fraction of sp³-hybridized carbons (Fsp3) is 0.818. The van der Waals surface area contributed by atoms with Crippen molar-refractivity contribution in [2.75, 3.05) is 26.2 Å². The summed E-state index contributed by atoms with van der Waals surface area (Å²) >= 11 is 0. The van der Waals surface area contributed by atoms with E-state index in [2.05, 4.69) is 0 Å². The number of rotatable bonds is 2. The number of hydrogen-bond acceptors (Lipinski definition) is 2. The number of hydrogen-bond donors (Lipinski definition) is 0. The predicted molar refractivity (Wildman–Crippen MR) is 58.4 cm³/mol. The smallest absolute Gasteiger partial charge is 0.222 e. The van der Waals surface area contributed by atoms with Crippen LogP contribution in [0.5, 0.6) is 0 Å². The summed E-state index contributed by atoms with van der Waals surface area (Å²) in [6.45, 7) is 6.55. The van der Waals surface area contributed by atoms with Crippen molar-refractivity contribution in [3.63, 3.8) is 0 Å². The number of nitrogens with zero attached hydrogens (tertiary/aromatic N) is 2. The summed E-state index contributed by atoms with van der Waals surface area (Å²) in [5.74, 6) is 0.336. The van der Waals surface area contributed by atoms with Gasteiger partial charge in [0.05, 0.1) is 0 Å². The number of carbonyl (C=O) groups is 2. The lowest BCUT2D eigenvalue weighted by Gasteiger charge is -2.21. The van der Waals surface area contributed by atoms with Crippen LogP contribution in [0.2, 0.25) is 0 Å². The molecule has 0 radical (unpaired) electrons. The third kappa shape index (κ3) is 3.53. The molecule has 1 rings (SSSR count). The second kappa shape index (κ2) is 5.73. The Balaban J connectivity index is 2.45. The fourth-order valence-corrected chi connectivity index (χ4v) is 1.85. The first-order chi connectivity index (χ1) is 7.15. The molecule has 1 aliphatic rings. The summed E-state index contributed by atoms with van der Waals surface area (Å²) in [6, 6.07) is 0. The van der Waals surface area contributed by atoms with E-state index >= 15 is 0 Å². The second-order valence-electron chi connectivity index (χ2n) is 3.99. The van der Waals surface area contributed by atoms with Crippen molar-refractivity contribution in [3.8, 4) is 0 Å². The van der Waals surface area contributed by atoms with Crippen molar-refractivity contribution >= 4 is 11.8 Å². The molecule has 1 aliphatic heterocycles. The van der Waals surface area contributed by atoms with Gasteiger partial charge < -0.3 is 9.80 Å². The van der Waals surface area contributed by atoms with E-state index in [0.717, 1.165) is 25.9 Å². The normalized spacial score (nSPS) is 17.5. The van der Waals surface area contributed by atoms with Gasteiger partial charge in [0.25, 0.3) is 0 Å². The van der Waals surface area contributed by atoms with E-state index in [4.69, 9.17) is 0 Å². The lowest BCUT2D eigenvalue weighted by molar-refractivity contribution is -0.132. The van der Waals surface area contributed by atoms with Crippen LogP contribution >= 0.6 is 0 Å². The Morgan fingerprint density at radius 1 is 1.07 bits per heavy atom. The minimum Gasteiger partial charge on any atom is -0.341 e. The average Bonchev–Trinajstić information content (AvgIpc) is 2.43. The lowest BCUT2D eigenvalue weighted by atomic mass is 10.3. The van der Waals surface area contributed by atoms with Gasteiger partial charge in [-0.1, -0.05) is 6.92 Å². The van der Waals surface area contributed by atoms with E-state index < -0.39 is 0 Å². The molecule has 0 unspecified atom stereocenters. The molecule has 0 aromatic carbocycles. The molecule has 0 bridgehead atoms. The Hall–Kier alpha value is -1.06. The van der Waals surface area contributed by atoms with E-state index in [1.807, 2.05) is 16.7 Å². The monoisotopic (exact) mass is 212 g/mol. The number of carbonyl (C=O) groups excluding carboxylic acids is 2. The molecule has 0 aromatic rings. The van der Waals surface area contributed by atoms with E-state index in [-0.39, 0.29) is 11.8 Å². The van der Waals surface area contributed by atoms with Gasteiger partial charge in [-0.25, -0.2) is 0 Å². The van der Waals surface area contributed by atoms with Gasteiger partial charge in [0, 0.05) is 39.5 Å². The Morgan fingerprint density at radius 2 is 1.67 bits per heavy atom. The molecule has 4 nitrogen and oxygen atoms in total. The van der Waals surface area contributed by atoms with Crippen molar-refractivity contribution in [2.24, 2.45) is 0 Å². The highest BCUT2D eigenvalue weighted by Crippen LogP contribution is 2.06. The van der Waals surface area contributed by atoms with Gasteiger partial charge in [-0.15, -0.1) is 0 Å². The Morgan fingerprint density at radius 3 is 2.27 bits per heavy atom. The van der Waals surface area contributed by atoms with Crippen LogP contribution in [0.4, 0.5) is 0 Å². The molecule has 0 atom stereocenters. The summed E-state index contributed by atoms with van der Waals surface area (Å²) < 4.78 is 0. The van der Waals surface area contributed by atoms with Crippen LogP contribution in [0, 0.1) is 0 Å². The van der Waals surface area contributed by atoms with Gasteiger partial charge in [0.2, 0.25) is 11.8 Å². The maximum Gasteiger partial charge on any atom is 0.222 e. The highest BCUT2D eigenvalue weighted by Gasteiger charge is 2.19. The summed E-state index contributed by atoms with van der Waals surface area (Å²) in [5, 5.41) is 0. The Labute approximate surface area is 91.2 Å². The molecule has 86 valence electrons. The van der Waals surface area contributed by atoms with Crippen LogP contribution in [0.25, 0.3) is 0 Å². The molecule has 1 fully saturated rings. The van der Waals surface area contributed by atoms with Crippen molar-refractivity contribution in [1.29, 1.82) is 0 Å². The highest BCUT2D eigenvalue weighted by molar-refractivity contribution is 5.76. The van der Waals surface area contributed by atoms with Crippen molar-refractivity contribution in [3.05, 3.63) is 0 Å². The van der Waals surface area contributed by atoms with Crippen LogP contribution in [-0.2, 0) is 9.59 Å². The van der Waals surface area contributed by atoms with Crippen molar-refractivity contribution < 1.29 is 9.59 Å². The zero-order valence-corrected chi connectivity index (χ0v) is 9.66. The molecular formula is C11H20N2O2. The molecular weight excluding hydrogens is 192 g/mol. The van der Waals surface area contributed by atoms with E-state index in [1.165, 1.54) is 0 Å². The summed E-state index contributed by atoms with van der Waals surface area (Å²) in [7, 11) is 0. The van der Waals surface area contributed by atoms with Gasteiger partial charge in [-0.05, 0) is 12.8 Å². The van der Waals surface area contributed by atoms with E-state index in [0.29, 0.717) is 19.5 Å². The van der Waals surface area contributed by atoms with Crippen LogP contribution in [-0.4, -0.2) is 47.8 Å². The second-order valence-corrected chi connectivity index (χ2v) is 3.99. The standard InChI is InChI=1S/C11H20N2O2/c1-3-5-11(15)13-7-4-6-12(8-9-13)10(2)14/h3-9H2,1-2H3. The first kappa shape index (κ1) is 12.0. The predicted octanol–water partition coefficient (Wildman–Crippen LogP) is 0.867. The molecule has 0 N–H and O–H groups in total. The summed E-state index contributed by atoms with van der Waals surface area (Å²) in [5.41, 5.74) is 0. The maximum absolute atomic E-state index is 11.6. The van der Waals surface area contributed by atoms with Gasteiger partial charge in [0.1, 0.15) is 0 Å². The van der Waals surface area contributed by atoms with Crippen LogP contribution in [0.15, 0.2) is 0 Å². The highest BCUT2D eigenvalue weighted by atomic mass is 16.2. The van der Waals surface area contributed by atoms with E-state index in [9.17, 15) is 9.59 Å². The molecule has 1 saturated heterocycles. The van der Waals surface area contributed by atoms with Crippen molar-refractivity contribution in [1.82, 2.24) is 9.80 Å². The maximum atomic E-state index is 11.6. The zero-order chi connectivity index (χ0) is 11.3. The van der Waals surface area contributed by atoms with E-state index in [1.54, 1.807) is 6.92 Å². The average molecular weight is 212 g/mol. The molecule has 15 heavy (non-hydrogen) atoms. The molecule has 4 heteroatoms. The molecule has 2 amide bonds. The molecule has 0 spiro atoms. The van der Waals surface area contributed by atoms with Gasteiger partial charge in [0.15, 0.2) is 0 Å². The van der Waals surface area contributed by atoms with Crippen LogP contribution in [0.1, 0.15) is 33.1 Å². The Kier molecular flexibility index (Phi) is 4.59. The lowest BCUT2D eigenvalue weighted by Crippen LogP contribution is -2.36. The third-order valence-electron chi connectivity index (χ3n) is 2.76. The van der Waals surface area contributed by atoms with Gasteiger partial charge >= 0.3 is 0 Å². The minimum absolute atomic E-state index is 0.111. The first-order valence-electron chi connectivity index (χ1n) is 5.68. The Bertz CT molecular complexity index is 241. The third-order valence-corrected chi connectivity index (χ3v) is 2.76.